The summed E-state index contributed by atoms with van der Waals surface area (Å²) in [5, 5.41) is 0. The summed E-state index contributed by atoms with van der Waals surface area (Å²) in [6.45, 7) is 0.585. The van der Waals surface area contributed by atoms with E-state index in [-0.39, 0.29) is 0 Å². The van der Waals surface area contributed by atoms with E-state index in [0.29, 0.717) is 6.61 Å². The quantitative estimate of drug-likeness (QED) is 0.731. The van der Waals surface area contributed by atoms with Crippen LogP contribution in [0.5, 0.6) is 0 Å². The van der Waals surface area contributed by atoms with Gasteiger partial charge in [0.1, 0.15) is 29.6 Å². The Labute approximate surface area is 67.9 Å². The Morgan fingerprint density at radius 2 is 2.44 bits per heavy atom. The van der Waals surface area contributed by atoms with Crippen molar-refractivity contribution in [2.75, 3.05) is 0 Å². The fraction of sp³-hybridized carbons (Fsp3) is 0.167. The molecule has 0 saturated heterocycles. The van der Waals surface area contributed by atoms with Crippen LogP contribution in [0, 0.1) is 0 Å². The van der Waals surface area contributed by atoms with Crippen LogP contribution in [-0.4, -0.2) is 4.98 Å². The van der Waals surface area contributed by atoms with Crippen molar-refractivity contribution >= 4 is 23.0 Å². The lowest BCUT2D eigenvalue weighted by atomic mass is 10.4. The van der Waals surface area contributed by atoms with Crippen LogP contribution in [0.4, 0.5) is 0 Å². The van der Waals surface area contributed by atoms with Crippen LogP contribution in [0.3, 0.4) is 0 Å². The lowest BCUT2D eigenvalue weighted by Gasteiger charge is -1.92. The smallest absolute Gasteiger partial charge is 0.110 e. The van der Waals surface area contributed by atoms with Crippen LogP contribution >= 0.6 is 23.0 Å². The molecular formula is C6H6INO. The second-order valence-electron chi connectivity index (χ2n) is 1.57. The number of aromatic nitrogens is 1. The van der Waals surface area contributed by atoms with Crippen molar-refractivity contribution in [2.24, 2.45) is 0 Å². The molecule has 1 heterocycles. The van der Waals surface area contributed by atoms with E-state index < -0.39 is 0 Å². The van der Waals surface area contributed by atoms with Crippen LogP contribution in [0.2, 0.25) is 0 Å². The van der Waals surface area contributed by atoms with E-state index in [9.17, 15) is 0 Å². The van der Waals surface area contributed by atoms with E-state index in [1.807, 2.05) is 41.2 Å². The van der Waals surface area contributed by atoms with Gasteiger partial charge in [0, 0.05) is 6.20 Å². The highest BCUT2D eigenvalue weighted by atomic mass is 127. The van der Waals surface area contributed by atoms with Crippen molar-refractivity contribution < 1.29 is 3.07 Å². The van der Waals surface area contributed by atoms with Crippen molar-refractivity contribution in [3.8, 4) is 0 Å². The van der Waals surface area contributed by atoms with Crippen molar-refractivity contribution in [1.82, 2.24) is 4.98 Å². The summed E-state index contributed by atoms with van der Waals surface area (Å²) in [5.74, 6) is 0. The molecule has 0 aliphatic carbocycles. The molecule has 3 heteroatoms. The van der Waals surface area contributed by atoms with E-state index in [4.69, 9.17) is 3.07 Å². The van der Waals surface area contributed by atoms with Crippen molar-refractivity contribution in [3.05, 3.63) is 30.1 Å². The first-order valence-electron chi connectivity index (χ1n) is 2.57. The van der Waals surface area contributed by atoms with E-state index >= 15 is 0 Å². The third kappa shape index (κ3) is 2.28. The van der Waals surface area contributed by atoms with Gasteiger partial charge in [-0.2, -0.15) is 0 Å². The summed E-state index contributed by atoms with van der Waals surface area (Å²) < 4.78 is 4.84. The predicted octanol–water partition coefficient (Wildman–Crippen LogP) is 1.95. The Morgan fingerprint density at radius 1 is 1.56 bits per heavy atom. The van der Waals surface area contributed by atoms with E-state index in [1.165, 1.54) is 0 Å². The predicted molar refractivity (Wildman–Crippen MR) is 43.0 cm³/mol. The Hall–Kier alpha value is -0.160. The maximum atomic E-state index is 4.84. The summed E-state index contributed by atoms with van der Waals surface area (Å²) in [4.78, 5) is 4.04. The summed E-state index contributed by atoms with van der Waals surface area (Å²) >= 11 is 1.85. The van der Waals surface area contributed by atoms with E-state index in [0.717, 1.165) is 5.69 Å². The van der Waals surface area contributed by atoms with Gasteiger partial charge in [0.25, 0.3) is 0 Å². The number of hydrogen-bond donors (Lipinski definition) is 0. The molecule has 0 fully saturated rings. The van der Waals surface area contributed by atoms with Crippen molar-refractivity contribution in [2.45, 2.75) is 6.61 Å². The molecule has 0 atom stereocenters. The molecule has 1 aromatic rings. The normalized spacial score (nSPS) is 9.44. The molecule has 0 amide bonds. The number of hydrogen-bond acceptors (Lipinski definition) is 2. The van der Waals surface area contributed by atoms with Gasteiger partial charge in [-0.25, -0.2) is 0 Å². The zero-order valence-electron chi connectivity index (χ0n) is 4.75. The van der Waals surface area contributed by atoms with Gasteiger partial charge in [0.05, 0.1) is 5.69 Å². The summed E-state index contributed by atoms with van der Waals surface area (Å²) in [6.07, 6.45) is 1.75. The van der Waals surface area contributed by atoms with Gasteiger partial charge in [-0.05, 0) is 12.1 Å². The fourth-order valence-corrected chi connectivity index (χ4v) is 0.858. The highest BCUT2D eigenvalue weighted by molar-refractivity contribution is 14.1. The zero-order valence-corrected chi connectivity index (χ0v) is 6.91. The molecule has 0 aliphatic rings. The molecule has 0 aromatic carbocycles. The van der Waals surface area contributed by atoms with Crippen LogP contribution in [0.25, 0.3) is 0 Å². The van der Waals surface area contributed by atoms with Gasteiger partial charge < -0.3 is 3.07 Å². The first kappa shape index (κ1) is 6.95. The van der Waals surface area contributed by atoms with Crippen LogP contribution in [0.1, 0.15) is 5.69 Å². The van der Waals surface area contributed by atoms with Crippen LogP contribution < -0.4 is 0 Å². The Morgan fingerprint density at radius 3 is 3.00 bits per heavy atom. The molecular weight excluding hydrogens is 229 g/mol. The Bertz CT molecular complexity index is 166. The van der Waals surface area contributed by atoms with Crippen LogP contribution in [-0.2, 0) is 9.67 Å². The molecule has 9 heavy (non-hydrogen) atoms. The molecule has 0 aliphatic heterocycles. The monoisotopic (exact) mass is 235 g/mol. The number of nitrogens with zero attached hydrogens (tertiary/aromatic N) is 1. The average Bonchev–Trinajstić information content (AvgIpc) is 1.91. The topological polar surface area (TPSA) is 22.1 Å². The highest BCUT2D eigenvalue weighted by Crippen LogP contribution is 1.98. The molecule has 0 spiro atoms. The Kier molecular flexibility index (Phi) is 2.93. The van der Waals surface area contributed by atoms with Crippen molar-refractivity contribution in [1.29, 1.82) is 0 Å². The molecule has 1 rings (SSSR count). The van der Waals surface area contributed by atoms with Gasteiger partial charge >= 0.3 is 0 Å². The lowest BCUT2D eigenvalue weighted by Crippen LogP contribution is -1.85. The fourth-order valence-electron chi connectivity index (χ4n) is 0.539. The number of halogens is 1. The number of pyridine rings is 1. The van der Waals surface area contributed by atoms with Gasteiger partial charge in [0.15, 0.2) is 0 Å². The number of rotatable bonds is 2. The zero-order chi connectivity index (χ0) is 6.53. The molecule has 0 N–H and O–H groups in total. The average molecular weight is 235 g/mol. The van der Waals surface area contributed by atoms with Gasteiger partial charge in [-0.1, -0.05) is 6.07 Å². The minimum absolute atomic E-state index is 0.585. The minimum Gasteiger partial charge on any atom is -0.309 e. The minimum atomic E-state index is 0.585. The summed E-state index contributed by atoms with van der Waals surface area (Å²) in [7, 11) is 0. The lowest BCUT2D eigenvalue weighted by molar-refractivity contribution is 0.411. The standard InChI is InChI=1S/C6H6INO/c7-9-5-6-3-1-2-4-8-6/h1-4H,5H2. The second kappa shape index (κ2) is 3.79. The summed E-state index contributed by atoms with van der Waals surface area (Å²) in [6, 6.07) is 5.76. The molecule has 0 bridgehead atoms. The second-order valence-corrected chi connectivity index (χ2v) is 2.20. The molecule has 0 saturated carbocycles. The molecule has 48 valence electrons. The summed E-state index contributed by atoms with van der Waals surface area (Å²) in [5.41, 5.74) is 0.965. The van der Waals surface area contributed by atoms with E-state index in [1.54, 1.807) is 6.20 Å². The first-order chi connectivity index (χ1) is 4.43. The molecule has 2 nitrogen and oxygen atoms in total. The van der Waals surface area contributed by atoms with Gasteiger partial charge in [-0.15, -0.1) is 0 Å². The third-order valence-corrected chi connectivity index (χ3v) is 1.24. The molecule has 0 unspecified atom stereocenters. The third-order valence-electron chi connectivity index (χ3n) is 0.929. The molecule has 0 radical (unpaired) electrons. The highest BCUT2D eigenvalue weighted by Gasteiger charge is 1.87. The Balaban J connectivity index is 2.61. The molecule has 1 aromatic heterocycles. The first-order valence-corrected chi connectivity index (χ1v) is 3.45. The van der Waals surface area contributed by atoms with Gasteiger partial charge in [0.2, 0.25) is 0 Å². The van der Waals surface area contributed by atoms with Gasteiger partial charge in [-0.3, -0.25) is 4.98 Å². The van der Waals surface area contributed by atoms with E-state index in [2.05, 4.69) is 4.98 Å². The maximum Gasteiger partial charge on any atom is 0.110 e. The maximum absolute atomic E-state index is 4.84. The van der Waals surface area contributed by atoms with Crippen LogP contribution in [0.15, 0.2) is 24.4 Å². The SMILES string of the molecule is IOCc1ccccn1. The largest absolute Gasteiger partial charge is 0.309 e. The van der Waals surface area contributed by atoms with Crippen molar-refractivity contribution in [3.63, 3.8) is 0 Å².